The Kier molecular flexibility index (Phi) is 8.53. The lowest BCUT2D eigenvalue weighted by atomic mass is 9.78. The van der Waals surface area contributed by atoms with Crippen molar-refractivity contribution in [2.75, 3.05) is 18.5 Å². The molecular formula is C27H38N2O4. The molecule has 3 N–H and O–H groups in total. The van der Waals surface area contributed by atoms with Crippen molar-refractivity contribution < 1.29 is 19.4 Å². The molecule has 180 valence electrons. The third-order valence-corrected chi connectivity index (χ3v) is 5.31. The minimum Gasteiger partial charge on any atom is -0.507 e. The highest BCUT2D eigenvalue weighted by molar-refractivity contribution is 5.90. The van der Waals surface area contributed by atoms with Crippen LogP contribution in [-0.2, 0) is 26.8 Å². The van der Waals surface area contributed by atoms with Gasteiger partial charge in [-0.3, -0.25) is 9.59 Å². The number of nitrogens with one attached hydrogen (secondary N) is 2. The first-order valence-electron chi connectivity index (χ1n) is 11.5. The predicted octanol–water partition coefficient (Wildman–Crippen LogP) is 5.07. The molecule has 2 aromatic carbocycles. The van der Waals surface area contributed by atoms with Gasteiger partial charge >= 0.3 is 0 Å². The number of aryl methyl sites for hydroxylation is 1. The Morgan fingerprint density at radius 1 is 0.909 bits per heavy atom. The first-order valence-corrected chi connectivity index (χ1v) is 11.5. The van der Waals surface area contributed by atoms with Crippen LogP contribution >= 0.6 is 0 Å². The second-order valence-corrected chi connectivity index (χ2v) is 10.4. The van der Waals surface area contributed by atoms with E-state index < -0.39 is 0 Å². The zero-order valence-corrected chi connectivity index (χ0v) is 21.0. The molecule has 2 rings (SSSR count). The van der Waals surface area contributed by atoms with Crippen LogP contribution in [0, 0.1) is 0 Å². The first kappa shape index (κ1) is 26.2. The summed E-state index contributed by atoms with van der Waals surface area (Å²) in [5.41, 5.74) is 3.09. The normalized spacial score (nSPS) is 11.7. The van der Waals surface area contributed by atoms with E-state index in [0.717, 1.165) is 16.7 Å². The number of carbonyl (C=O) groups is 2. The van der Waals surface area contributed by atoms with Crippen LogP contribution in [0.1, 0.15) is 71.6 Å². The van der Waals surface area contributed by atoms with E-state index in [1.165, 1.54) is 0 Å². The molecule has 0 heterocycles. The minimum absolute atomic E-state index is 0.0424. The zero-order chi connectivity index (χ0) is 24.8. The van der Waals surface area contributed by atoms with Gasteiger partial charge in [0.25, 0.3) is 5.91 Å². The summed E-state index contributed by atoms with van der Waals surface area (Å²) in [6.45, 7) is 14.8. The topological polar surface area (TPSA) is 87.7 Å². The summed E-state index contributed by atoms with van der Waals surface area (Å²) in [5, 5.41) is 16.4. The number of likely N-dealkylation sites (N-methyl/N-ethyl adjacent to an activating group) is 1. The standard InChI is InChI=1S/C27H38N2O4/c1-8-28-24(31)17-33-20-12-10-19(11-13-20)29-23(30)14-9-18-15-21(26(2,3)4)25(32)22(16-18)27(5,6)7/h10-13,15-16,32H,8-9,14,17H2,1-7H3,(H,28,31)(H,29,30). The average Bonchev–Trinajstić information content (AvgIpc) is 2.71. The smallest absolute Gasteiger partial charge is 0.257 e. The number of hydrogen-bond acceptors (Lipinski definition) is 4. The molecule has 0 aliphatic heterocycles. The lowest BCUT2D eigenvalue weighted by molar-refractivity contribution is -0.123. The van der Waals surface area contributed by atoms with Gasteiger partial charge in [0.15, 0.2) is 6.61 Å². The van der Waals surface area contributed by atoms with Gasteiger partial charge in [-0.05, 0) is 65.1 Å². The molecule has 0 fully saturated rings. The Morgan fingerprint density at radius 2 is 1.45 bits per heavy atom. The van der Waals surface area contributed by atoms with E-state index >= 15 is 0 Å². The maximum atomic E-state index is 12.5. The maximum absolute atomic E-state index is 12.5. The summed E-state index contributed by atoms with van der Waals surface area (Å²) >= 11 is 0. The van der Waals surface area contributed by atoms with Crippen LogP contribution in [-0.4, -0.2) is 30.1 Å². The number of phenolic OH excluding ortho intramolecular Hbond substituents is 1. The summed E-state index contributed by atoms with van der Waals surface area (Å²) in [7, 11) is 0. The Balaban J connectivity index is 2.02. The number of benzene rings is 2. The van der Waals surface area contributed by atoms with Gasteiger partial charge in [-0.1, -0.05) is 53.7 Å². The summed E-state index contributed by atoms with van der Waals surface area (Å²) in [6, 6.07) is 11.0. The fraction of sp³-hybridized carbons (Fsp3) is 0.481. The van der Waals surface area contributed by atoms with Crippen molar-refractivity contribution in [2.24, 2.45) is 0 Å². The molecule has 0 unspecified atom stereocenters. The van der Waals surface area contributed by atoms with Crippen molar-refractivity contribution >= 4 is 17.5 Å². The van der Waals surface area contributed by atoms with E-state index in [4.69, 9.17) is 4.74 Å². The number of ether oxygens (including phenoxy) is 1. The number of hydrogen-bond donors (Lipinski definition) is 3. The largest absolute Gasteiger partial charge is 0.507 e. The van der Waals surface area contributed by atoms with Crippen molar-refractivity contribution in [3.05, 3.63) is 53.1 Å². The van der Waals surface area contributed by atoms with Crippen LogP contribution in [0.15, 0.2) is 36.4 Å². The molecule has 0 bridgehead atoms. The van der Waals surface area contributed by atoms with Gasteiger partial charge in [-0.15, -0.1) is 0 Å². The van der Waals surface area contributed by atoms with Crippen molar-refractivity contribution in [3.8, 4) is 11.5 Å². The van der Waals surface area contributed by atoms with E-state index in [-0.39, 0.29) is 29.3 Å². The Labute approximate surface area is 197 Å². The van der Waals surface area contributed by atoms with Gasteiger partial charge in [-0.2, -0.15) is 0 Å². The second kappa shape index (κ2) is 10.7. The van der Waals surface area contributed by atoms with E-state index in [9.17, 15) is 14.7 Å². The van der Waals surface area contributed by atoms with Crippen LogP contribution in [0.5, 0.6) is 11.5 Å². The molecule has 0 saturated heterocycles. The number of carbonyl (C=O) groups excluding carboxylic acids is 2. The van der Waals surface area contributed by atoms with E-state index in [1.54, 1.807) is 24.3 Å². The van der Waals surface area contributed by atoms with E-state index in [2.05, 4.69) is 52.2 Å². The SMILES string of the molecule is CCNC(=O)COc1ccc(NC(=O)CCc2cc(C(C)(C)C)c(O)c(C(C)(C)C)c2)cc1. The molecule has 0 saturated carbocycles. The summed E-state index contributed by atoms with van der Waals surface area (Å²) in [5.74, 6) is 0.646. The third-order valence-electron chi connectivity index (χ3n) is 5.31. The van der Waals surface area contributed by atoms with Gasteiger partial charge in [0.1, 0.15) is 11.5 Å². The van der Waals surface area contributed by atoms with E-state index in [1.807, 2.05) is 19.1 Å². The summed E-state index contributed by atoms with van der Waals surface area (Å²) < 4.78 is 5.43. The highest BCUT2D eigenvalue weighted by atomic mass is 16.5. The van der Waals surface area contributed by atoms with Crippen LogP contribution in [0.4, 0.5) is 5.69 Å². The van der Waals surface area contributed by atoms with Gasteiger partial charge in [0, 0.05) is 18.7 Å². The summed E-state index contributed by atoms with van der Waals surface area (Å²) in [4.78, 5) is 24.0. The van der Waals surface area contributed by atoms with E-state index in [0.29, 0.717) is 36.6 Å². The molecule has 2 aromatic rings. The van der Waals surface area contributed by atoms with Crippen molar-refractivity contribution in [1.82, 2.24) is 5.32 Å². The van der Waals surface area contributed by atoms with Crippen LogP contribution in [0.2, 0.25) is 0 Å². The quantitative estimate of drug-likeness (QED) is 0.519. The summed E-state index contributed by atoms with van der Waals surface area (Å²) in [6.07, 6.45) is 0.902. The molecule has 0 atom stereocenters. The molecule has 0 aromatic heterocycles. The Morgan fingerprint density at radius 3 is 1.94 bits per heavy atom. The lowest BCUT2D eigenvalue weighted by Crippen LogP contribution is -2.28. The molecule has 6 nitrogen and oxygen atoms in total. The predicted molar refractivity (Wildman–Crippen MR) is 133 cm³/mol. The van der Waals surface area contributed by atoms with Gasteiger partial charge in [-0.25, -0.2) is 0 Å². The first-order chi connectivity index (χ1) is 15.3. The number of aromatic hydroxyl groups is 1. The number of rotatable bonds is 8. The number of anilines is 1. The van der Waals surface area contributed by atoms with Crippen molar-refractivity contribution in [2.45, 2.75) is 72.1 Å². The molecule has 0 spiro atoms. The van der Waals surface area contributed by atoms with Gasteiger partial charge in [0.2, 0.25) is 5.91 Å². The van der Waals surface area contributed by atoms with Crippen LogP contribution < -0.4 is 15.4 Å². The second-order valence-electron chi connectivity index (χ2n) is 10.4. The molecule has 0 radical (unpaired) electrons. The molecule has 6 heteroatoms. The fourth-order valence-corrected chi connectivity index (χ4v) is 3.49. The van der Waals surface area contributed by atoms with Crippen LogP contribution in [0.25, 0.3) is 0 Å². The van der Waals surface area contributed by atoms with Crippen molar-refractivity contribution in [3.63, 3.8) is 0 Å². The molecule has 2 amide bonds. The average molecular weight is 455 g/mol. The Bertz CT molecular complexity index is 932. The monoisotopic (exact) mass is 454 g/mol. The maximum Gasteiger partial charge on any atom is 0.257 e. The Hall–Kier alpha value is -3.02. The fourth-order valence-electron chi connectivity index (χ4n) is 3.49. The number of amides is 2. The zero-order valence-electron chi connectivity index (χ0n) is 21.0. The molecular weight excluding hydrogens is 416 g/mol. The van der Waals surface area contributed by atoms with Gasteiger partial charge < -0.3 is 20.5 Å². The molecule has 0 aliphatic carbocycles. The third kappa shape index (κ3) is 7.81. The molecule has 0 aliphatic rings. The number of phenols is 1. The van der Waals surface area contributed by atoms with Crippen LogP contribution in [0.3, 0.4) is 0 Å². The molecule has 33 heavy (non-hydrogen) atoms. The highest BCUT2D eigenvalue weighted by Crippen LogP contribution is 2.40. The highest BCUT2D eigenvalue weighted by Gasteiger charge is 2.26. The van der Waals surface area contributed by atoms with Crippen molar-refractivity contribution in [1.29, 1.82) is 0 Å². The van der Waals surface area contributed by atoms with Gasteiger partial charge in [0.05, 0.1) is 0 Å². The minimum atomic E-state index is -0.205. The lowest BCUT2D eigenvalue weighted by Gasteiger charge is -2.28.